The van der Waals surface area contributed by atoms with Crippen LogP contribution in [0.25, 0.3) is 0 Å². The van der Waals surface area contributed by atoms with E-state index >= 15 is 0 Å². The Morgan fingerprint density at radius 1 is 1.10 bits per heavy atom. The summed E-state index contributed by atoms with van der Waals surface area (Å²) in [7, 11) is 0. The fourth-order valence-electron chi connectivity index (χ4n) is 3.60. The van der Waals surface area contributed by atoms with Gasteiger partial charge in [-0.25, -0.2) is 0 Å². The fourth-order valence-corrected chi connectivity index (χ4v) is 3.60. The van der Waals surface area contributed by atoms with Crippen LogP contribution in [0.2, 0.25) is 0 Å². The minimum Gasteiger partial charge on any atom is -0.481 e. The molecule has 2 aromatic rings. The van der Waals surface area contributed by atoms with Crippen LogP contribution in [0.5, 0.6) is 0 Å². The molecule has 6 heteroatoms. The van der Waals surface area contributed by atoms with Crippen LogP contribution in [0.3, 0.4) is 0 Å². The normalized spacial score (nSPS) is 18.3. The molecular weight excluding hydrogens is 368 g/mol. The van der Waals surface area contributed by atoms with E-state index in [4.69, 9.17) is 5.11 Å². The summed E-state index contributed by atoms with van der Waals surface area (Å²) in [5, 5.41) is 11.9. The van der Waals surface area contributed by atoms with Gasteiger partial charge in [0.15, 0.2) is 0 Å². The molecule has 2 amide bonds. The molecule has 1 aliphatic heterocycles. The summed E-state index contributed by atoms with van der Waals surface area (Å²) >= 11 is 0. The van der Waals surface area contributed by atoms with Gasteiger partial charge in [-0.1, -0.05) is 49.4 Å². The second-order valence-electron chi connectivity index (χ2n) is 7.66. The zero-order chi connectivity index (χ0) is 21.0. The number of likely N-dealkylation sites (tertiary alicyclic amines) is 1. The first-order chi connectivity index (χ1) is 13.8. The summed E-state index contributed by atoms with van der Waals surface area (Å²) in [4.78, 5) is 37.8. The average molecular weight is 394 g/mol. The van der Waals surface area contributed by atoms with Crippen LogP contribution in [0, 0.1) is 11.8 Å². The highest BCUT2D eigenvalue weighted by atomic mass is 16.4. The second kappa shape index (κ2) is 8.90. The van der Waals surface area contributed by atoms with Crippen LogP contribution in [-0.4, -0.2) is 34.3 Å². The number of nitrogens with zero attached hydrogens (tertiary/aromatic N) is 1. The Labute approximate surface area is 170 Å². The summed E-state index contributed by atoms with van der Waals surface area (Å²) in [6, 6.07) is 16.9. The summed E-state index contributed by atoms with van der Waals surface area (Å²) < 4.78 is 0. The lowest BCUT2D eigenvalue weighted by atomic mass is 10.0. The molecule has 0 radical (unpaired) electrons. The Bertz CT molecular complexity index is 880. The Balaban J connectivity index is 1.58. The number of hydrogen-bond acceptors (Lipinski definition) is 3. The topological polar surface area (TPSA) is 86.7 Å². The van der Waals surface area contributed by atoms with Crippen molar-refractivity contribution in [1.82, 2.24) is 4.90 Å². The van der Waals surface area contributed by atoms with Crippen molar-refractivity contribution in [3.8, 4) is 0 Å². The van der Waals surface area contributed by atoms with Crippen molar-refractivity contribution in [3.63, 3.8) is 0 Å². The molecule has 1 aliphatic rings. The van der Waals surface area contributed by atoms with E-state index in [2.05, 4.69) is 5.32 Å². The molecule has 1 fully saturated rings. The van der Waals surface area contributed by atoms with Crippen molar-refractivity contribution in [1.29, 1.82) is 0 Å². The quantitative estimate of drug-likeness (QED) is 0.753. The smallest absolute Gasteiger partial charge is 0.306 e. The van der Waals surface area contributed by atoms with Crippen molar-refractivity contribution < 1.29 is 19.5 Å². The number of hydrogen-bond donors (Lipinski definition) is 2. The molecule has 1 saturated heterocycles. The first-order valence-electron chi connectivity index (χ1n) is 9.82. The molecule has 0 aliphatic carbocycles. The van der Waals surface area contributed by atoms with Gasteiger partial charge in [-0.3, -0.25) is 14.4 Å². The van der Waals surface area contributed by atoms with Gasteiger partial charge in [-0.05, 0) is 36.6 Å². The highest BCUT2D eigenvalue weighted by Crippen LogP contribution is 2.29. The van der Waals surface area contributed by atoms with E-state index in [1.165, 1.54) is 0 Å². The highest BCUT2D eigenvalue weighted by Gasteiger charge is 2.37. The number of benzene rings is 2. The number of anilines is 1. The molecule has 3 atom stereocenters. The maximum absolute atomic E-state index is 12.6. The van der Waals surface area contributed by atoms with E-state index in [0.29, 0.717) is 18.7 Å². The van der Waals surface area contributed by atoms with Crippen LogP contribution < -0.4 is 5.32 Å². The summed E-state index contributed by atoms with van der Waals surface area (Å²) in [5.41, 5.74) is 2.59. The third kappa shape index (κ3) is 5.02. The molecule has 3 unspecified atom stereocenters. The summed E-state index contributed by atoms with van der Waals surface area (Å²) in [5.74, 6) is -1.87. The van der Waals surface area contributed by atoms with Crippen molar-refractivity contribution in [2.45, 2.75) is 32.7 Å². The minimum atomic E-state index is -0.831. The third-order valence-corrected chi connectivity index (χ3v) is 5.46. The molecule has 6 nitrogen and oxygen atoms in total. The first kappa shape index (κ1) is 20.6. The predicted octanol–water partition coefficient (Wildman–Crippen LogP) is 3.50. The van der Waals surface area contributed by atoms with Gasteiger partial charge >= 0.3 is 5.97 Å². The maximum Gasteiger partial charge on any atom is 0.306 e. The highest BCUT2D eigenvalue weighted by molar-refractivity contribution is 5.97. The van der Waals surface area contributed by atoms with Crippen LogP contribution in [0.1, 0.15) is 37.4 Å². The van der Waals surface area contributed by atoms with Gasteiger partial charge in [0.2, 0.25) is 11.8 Å². The molecule has 152 valence electrons. The standard InChI is InChI=1S/C23H26N2O4/c1-15(23(28)29)12-17-8-10-20(11-9-17)24-22(27)19-13-21(26)25(14-19)16(2)18-6-4-3-5-7-18/h3-11,15-16,19H,12-14H2,1-2H3,(H,24,27)(H,28,29). The van der Waals surface area contributed by atoms with Crippen LogP contribution >= 0.6 is 0 Å². The molecule has 2 aromatic carbocycles. The molecular formula is C23H26N2O4. The van der Waals surface area contributed by atoms with Gasteiger partial charge < -0.3 is 15.3 Å². The van der Waals surface area contributed by atoms with Crippen LogP contribution in [-0.2, 0) is 20.8 Å². The molecule has 3 rings (SSSR count). The van der Waals surface area contributed by atoms with E-state index in [9.17, 15) is 14.4 Å². The van der Waals surface area contributed by atoms with Gasteiger partial charge in [-0.15, -0.1) is 0 Å². The minimum absolute atomic E-state index is 0.0143. The molecule has 0 bridgehead atoms. The summed E-state index contributed by atoms with van der Waals surface area (Å²) in [6.45, 7) is 4.04. The number of carboxylic acids is 1. The van der Waals surface area contributed by atoms with Crippen molar-refractivity contribution in [2.75, 3.05) is 11.9 Å². The van der Waals surface area contributed by atoms with E-state index in [1.54, 1.807) is 24.0 Å². The van der Waals surface area contributed by atoms with Gasteiger partial charge in [0.05, 0.1) is 17.9 Å². The average Bonchev–Trinajstić information content (AvgIpc) is 3.11. The Kier molecular flexibility index (Phi) is 6.32. The zero-order valence-corrected chi connectivity index (χ0v) is 16.7. The molecule has 0 aromatic heterocycles. The predicted molar refractivity (Wildman–Crippen MR) is 110 cm³/mol. The molecule has 29 heavy (non-hydrogen) atoms. The van der Waals surface area contributed by atoms with Crippen LogP contribution in [0.4, 0.5) is 5.69 Å². The lowest BCUT2D eigenvalue weighted by molar-refractivity contribution is -0.141. The van der Waals surface area contributed by atoms with Crippen molar-refractivity contribution >= 4 is 23.5 Å². The fraction of sp³-hybridized carbons (Fsp3) is 0.348. The largest absolute Gasteiger partial charge is 0.481 e. The Morgan fingerprint density at radius 2 is 1.76 bits per heavy atom. The van der Waals surface area contributed by atoms with E-state index < -0.39 is 11.9 Å². The van der Waals surface area contributed by atoms with E-state index in [1.807, 2.05) is 49.4 Å². The van der Waals surface area contributed by atoms with E-state index in [-0.39, 0.29) is 30.2 Å². The lowest BCUT2D eigenvalue weighted by Crippen LogP contribution is -2.30. The molecule has 1 heterocycles. The first-order valence-corrected chi connectivity index (χ1v) is 9.82. The van der Waals surface area contributed by atoms with Gasteiger partial charge in [0.25, 0.3) is 0 Å². The summed E-state index contributed by atoms with van der Waals surface area (Å²) in [6.07, 6.45) is 0.643. The molecule has 0 spiro atoms. The number of aliphatic carboxylic acids is 1. The maximum atomic E-state index is 12.6. The van der Waals surface area contributed by atoms with Crippen molar-refractivity contribution in [3.05, 3.63) is 65.7 Å². The SMILES string of the molecule is CC(Cc1ccc(NC(=O)C2CC(=O)N(C(C)c3ccccc3)C2)cc1)C(=O)O. The Morgan fingerprint density at radius 3 is 2.38 bits per heavy atom. The monoisotopic (exact) mass is 394 g/mol. The molecule has 2 N–H and O–H groups in total. The number of rotatable bonds is 7. The Hall–Kier alpha value is -3.15. The second-order valence-corrected chi connectivity index (χ2v) is 7.66. The van der Waals surface area contributed by atoms with Gasteiger partial charge in [-0.2, -0.15) is 0 Å². The number of amides is 2. The van der Waals surface area contributed by atoms with Gasteiger partial charge in [0.1, 0.15) is 0 Å². The van der Waals surface area contributed by atoms with Gasteiger partial charge in [0, 0.05) is 18.7 Å². The third-order valence-electron chi connectivity index (χ3n) is 5.46. The number of carbonyl (C=O) groups excluding carboxylic acids is 2. The molecule has 0 saturated carbocycles. The zero-order valence-electron chi connectivity index (χ0n) is 16.7. The van der Waals surface area contributed by atoms with Crippen LogP contribution in [0.15, 0.2) is 54.6 Å². The number of nitrogens with one attached hydrogen (secondary N) is 1. The number of carbonyl (C=O) groups is 3. The number of carboxylic acid groups (broad SMARTS) is 1. The van der Waals surface area contributed by atoms with Crippen molar-refractivity contribution in [2.24, 2.45) is 11.8 Å². The lowest BCUT2D eigenvalue weighted by Gasteiger charge is -2.25. The van der Waals surface area contributed by atoms with E-state index in [0.717, 1.165) is 11.1 Å².